The van der Waals surface area contributed by atoms with Crippen LogP contribution in [0.4, 0.5) is 0 Å². The zero-order valence-electron chi connectivity index (χ0n) is 10.5. The molecule has 0 saturated heterocycles. The van der Waals surface area contributed by atoms with Gasteiger partial charge in [0.25, 0.3) is 0 Å². The van der Waals surface area contributed by atoms with Gasteiger partial charge in [0.05, 0.1) is 0 Å². The van der Waals surface area contributed by atoms with E-state index in [4.69, 9.17) is 0 Å². The molecule has 3 nitrogen and oxygen atoms in total. The minimum atomic E-state index is 0.108. The topological polar surface area (TPSA) is 49.3 Å². The first-order valence-corrected chi connectivity index (χ1v) is 6.57. The molecule has 16 heavy (non-hydrogen) atoms. The number of carbonyl (C=O) groups excluding carboxylic acids is 1. The lowest BCUT2D eigenvalue weighted by atomic mass is 9.79. The summed E-state index contributed by atoms with van der Waals surface area (Å²) in [6.07, 6.45) is 5.60. The average Bonchev–Trinajstić information content (AvgIpc) is 2.35. The minimum absolute atomic E-state index is 0.108. The molecule has 0 radical (unpaired) electrons. The van der Waals surface area contributed by atoms with Gasteiger partial charge >= 0.3 is 0 Å². The molecule has 3 heteroatoms. The van der Waals surface area contributed by atoms with E-state index < -0.39 is 0 Å². The van der Waals surface area contributed by atoms with Crippen molar-refractivity contribution in [1.29, 1.82) is 0 Å². The van der Waals surface area contributed by atoms with E-state index in [0.29, 0.717) is 11.8 Å². The van der Waals surface area contributed by atoms with Gasteiger partial charge in [-0.05, 0) is 31.1 Å². The van der Waals surface area contributed by atoms with Crippen LogP contribution in [0.3, 0.4) is 0 Å². The van der Waals surface area contributed by atoms with Crippen LogP contribution >= 0.6 is 0 Å². The Morgan fingerprint density at radius 1 is 1.38 bits per heavy atom. The predicted molar refractivity (Wildman–Crippen MR) is 65.0 cm³/mol. The molecular formula is C13H25NO2. The number of hydrogen-bond acceptors (Lipinski definition) is 2. The number of rotatable bonds is 5. The van der Waals surface area contributed by atoms with Crippen molar-refractivity contribution in [2.45, 2.75) is 46.0 Å². The summed E-state index contributed by atoms with van der Waals surface area (Å²) in [4.78, 5) is 11.6. The van der Waals surface area contributed by atoms with Gasteiger partial charge in [0.1, 0.15) is 0 Å². The Bertz CT molecular complexity index is 218. The maximum absolute atomic E-state index is 11.6. The molecule has 1 rings (SSSR count). The Morgan fingerprint density at radius 3 is 2.56 bits per heavy atom. The molecule has 0 aromatic heterocycles. The standard InChI is InChI=1S/C13H25NO2/c1-3-10(2)13(16)14-8-11-6-4-5-7-12(11)9-15/h10-12,15H,3-9H2,1-2H3,(H,14,16). The fourth-order valence-corrected chi connectivity index (χ4v) is 2.38. The average molecular weight is 227 g/mol. The zero-order valence-corrected chi connectivity index (χ0v) is 10.5. The van der Waals surface area contributed by atoms with Gasteiger partial charge in [0.2, 0.25) is 5.91 Å². The first-order chi connectivity index (χ1) is 7.69. The van der Waals surface area contributed by atoms with Crippen molar-refractivity contribution < 1.29 is 9.90 Å². The molecule has 0 aromatic rings. The third-order valence-corrected chi connectivity index (χ3v) is 3.90. The molecule has 1 aliphatic carbocycles. The van der Waals surface area contributed by atoms with E-state index in [1.807, 2.05) is 13.8 Å². The molecule has 0 bridgehead atoms. The summed E-state index contributed by atoms with van der Waals surface area (Å²) in [6.45, 7) is 5.00. The summed E-state index contributed by atoms with van der Waals surface area (Å²) < 4.78 is 0. The number of amides is 1. The Balaban J connectivity index is 2.32. The second-order valence-corrected chi connectivity index (χ2v) is 5.04. The summed E-state index contributed by atoms with van der Waals surface area (Å²) in [5.74, 6) is 1.14. The van der Waals surface area contributed by atoms with Crippen LogP contribution in [0.1, 0.15) is 46.0 Å². The second kappa shape index (κ2) is 6.89. The van der Waals surface area contributed by atoms with Crippen molar-refractivity contribution in [1.82, 2.24) is 5.32 Å². The highest BCUT2D eigenvalue weighted by atomic mass is 16.3. The van der Waals surface area contributed by atoms with E-state index in [9.17, 15) is 9.90 Å². The lowest BCUT2D eigenvalue weighted by molar-refractivity contribution is -0.124. The number of nitrogens with one attached hydrogen (secondary N) is 1. The van der Waals surface area contributed by atoms with Crippen LogP contribution in [-0.2, 0) is 4.79 Å². The maximum Gasteiger partial charge on any atom is 0.222 e. The van der Waals surface area contributed by atoms with E-state index >= 15 is 0 Å². The highest BCUT2D eigenvalue weighted by Gasteiger charge is 2.25. The quantitative estimate of drug-likeness (QED) is 0.754. The van der Waals surface area contributed by atoms with Gasteiger partial charge in [0, 0.05) is 19.1 Å². The van der Waals surface area contributed by atoms with Crippen molar-refractivity contribution in [3.63, 3.8) is 0 Å². The monoisotopic (exact) mass is 227 g/mol. The predicted octanol–water partition coefficient (Wildman–Crippen LogP) is 1.95. The van der Waals surface area contributed by atoms with Gasteiger partial charge in [-0.25, -0.2) is 0 Å². The van der Waals surface area contributed by atoms with Gasteiger partial charge in [0.15, 0.2) is 0 Å². The second-order valence-electron chi connectivity index (χ2n) is 5.04. The molecule has 0 aromatic carbocycles. The smallest absolute Gasteiger partial charge is 0.222 e. The summed E-state index contributed by atoms with van der Waals surface area (Å²) in [5, 5.41) is 12.3. The Morgan fingerprint density at radius 2 is 2.00 bits per heavy atom. The third kappa shape index (κ3) is 3.78. The summed E-state index contributed by atoms with van der Waals surface area (Å²) in [5.41, 5.74) is 0. The number of hydrogen-bond donors (Lipinski definition) is 2. The molecule has 1 saturated carbocycles. The largest absolute Gasteiger partial charge is 0.396 e. The maximum atomic E-state index is 11.6. The summed E-state index contributed by atoms with van der Waals surface area (Å²) in [6, 6.07) is 0. The Hall–Kier alpha value is -0.570. The van der Waals surface area contributed by atoms with Crippen LogP contribution < -0.4 is 5.32 Å². The van der Waals surface area contributed by atoms with Crippen molar-refractivity contribution in [2.24, 2.45) is 17.8 Å². The van der Waals surface area contributed by atoms with Crippen LogP contribution in [0.25, 0.3) is 0 Å². The number of aliphatic hydroxyl groups excluding tert-OH is 1. The molecule has 0 heterocycles. The van der Waals surface area contributed by atoms with Crippen molar-refractivity contribution in [3.8, 4) is 0 Å². The van der Waals surface area contributed by atoms with E-state index in [1.54, 1.807) is 0 Å². The first-order valence-electron chi connectivity index (χ1n) is 6.57. The lowest BCUT2D eigenvalue weighted by Crippen LogP contribution is -2.37. The highest BCUT2D eigenvalue weighted by Crippen LogP contribution is 2.29. The number of carbonyl (C=O) groups is 1. The van der Waals surface area contributed by atoms with E-state index in [2.05, 4.69) is 5.32 Å². The van der Waals surface area contributed by atoms with E-state index in [-0.39, 0.29) is 18.4 Å². The zero-order chi connectivity index (χ0) is 12.0. The van der Waals surface area contributed by atoms with E-state index in [0.717, 1.165) is 25.8 Å². The molecule has 3 atom stereocenters. The fraction of sp³-hybridized carbons (Fsp3) is 0.923. The molecular weight excluding hydrogens is 202 g/mol. The van der Waals surface area contributed by atoms with E-state index in [1.165, 1.54) is 12.8 Å². The van der Waals surface area contributed by atoms with Crippen LogP contribution in [-0.4, -0.2) is 24.2 Å². The third-order valence-electron chi connectivity index (χ3n) is 3.90. The van der Waals surface area contributed by atoms with Crippen LogP contribution in [0.15, 0.2) is 0 Å². The van der Waals surface area contributed by atoms with Crippen LogP contribution in [0, 0.1) is 17.8 Å². The van der Waals surface area contributed by atoms with Crippen molar-refractivity contribution >= 4 is 5.91 Å². The molecule has 0 aliphatic heterocycles. The van der Waals surface area contributed by atoms with Crippen molar-refractivity contribution in [3.05, 3.63) is 0 Å². The van der Waals surface area contributed by atoms with Crippen molar-refractivity contribution in [2.75, 3.05) is 13.2 Å². The van der Waals surface area contributed by atoms with Gasteiger partial charge in [-0.3, -0.25) is 4.79 Å². The SMILES string of the molecule is CCC(C)C(=O)NCC1CCCCC1CO. The lowest BCUT2D eigenvalue weighted by Gasteiger charge is -2.30. The minimum Gasteiger partial charge on any atom is -0.396 e. The molecule has 94 valence electrons. The van der Waals surface area contributed by atoms with Gasteiger partial charge in [-0.1, -0.05) is 26.7 Å². The molecule has 1 fully saturated rings. The van der Waals surface area contributed by atoms with Gasteiger partial charge in [-0.15, -0.1) is 0 Å². The normalized spacial score (nSPS) is 27.4. The molecule has 3 unspecified atom stereocenters. The first kappa shape index (κ1) is 13.5. The molecule has 2 N–H and O–H groups in total. The van der Waals surface area contributed by atoms with Gasteiger partial charge < -0.3 is 10.4 Å². The molecule has 1 amide bonds. The van der Waals surface area contributed by atoms with Crippen LogP contribution in [0.5, 0.6) is 0 Å². The summed E-state index contributed by atoms with van der Waals surface area (Å²) >= 11 is 0. The van der Waals surface area contributed by atoms with Crippen LogP contribution in [0.2, 0.25) is 0 Å². The highest BCUT2D eigenvalue weighted by molar-refractivity contribution is 5.78. The van der Waals surface area contributed by atoms with Gasteiger partial charge in [-0.2, -0.15) is 0 Å². The Kier molecular flexibility index (Phi) is 5.81. The Labute approximate surface area is 98.6 Å². The fourth-order valence-electron chi connectivity index (χ4n) is 2.38. The number of aliphatic hydroxyl groups is 1. The molecule has 0 spiro atoms. The summed E-state index contributed by atoms with van der Waals surface area (Å²) in [7, 11) is 0. The molecule has 1 aliphatic rings.